The van der Waals surface area contributed by atoms with E-state index in [0.717, 1.165) is 5.56 Å². The molecule has 1 aromatic carbocycles. The Kier molecular flexibility index (Phi) is 6.45. The van der Waals surface area contributed by atoms with Crippen molar-refractivity contribution in [3.8, 4) is 0 Å². The van der Waals surface area contributed by atoms with Gasteiger partial charge in [0.15, 0.2) is 0 Å². The summed E-state index contributed by atoms with van der Waals surface area (Å²) in [6, 6.07) is 7.22. The summed E-state index contributed by atoms with van der Waals surface area (Å²) in [5.74, 6) is -0.178. The number of nitrogens with two attached hydrogens (primary N) is 1. The second kappa shape index (κ2) is 7.86. The lowest BCUT2D eigenvalue weighted by Crippen LogP contribution is -2.40. The van der Waals surface area contributed by atoms with Crippen molar-refractivity contribution in [2.75, 3.05) is 18.6 Å². The fourth-order valence-electron chi connectivity index (χ4n) is 1.64. The molecule has 0 saturated heterocycles. The molecule has 0 saturated carbocycles. The Bertz CT molecular complexity index is 445. The van der Waals surface area contributed by atoms with Gasteiger partial charge in [-0.3, -0.25) is 4.79 Å². The van der Waals surface area contributed by atoms with Gasteiger partial charge >= 0.3 is 0 Å². The largest absolute Gasteiger partial charge is 0.399 e. The van der Waals surface area contributed by atoms with Crippen molar-refractivity contribution >= 4 is 29.4 Å². The summed E-state index contributed by atoms with van der Waals surface area (Å²) in [5, 5.41) is 12.0. The highest BCUT2D eigenvalue weighted by Gasteiger charge is 2.15. The van der Waals surface area contributed by atoms with Gasteiger partial charge < -0.3 is 16.2 Å². The molecule has 0 aliphatic carbocycles. The van der Waals surface area contributed by atoms with E-state index in [0.29, 0.717) is 5.69 Å². The maximum Gasteiger partial charge on any atom is 0.244 e. The van der Waals surface area contributed by atoms with Gasteiger partial charge in [0.25, 0.3) is 0 Å². The summed E-state index contributed by atoms with van der Waals surface area (Å²) < 4.78 is 0. The zero-order valence-corrected chi connectivity index (χ0v) is 12.0. The first-order valence-corrected chi connectivity index (χ1v) is 7.33. The Labute approximate surface area is 118 Å². The number of amides is 1. The first kappa shape index (κ1) is 15.6. The van der Waals surface area contributed by atoms with E-state index in [1.807, 2.05) is 25.3 Å². The van der Waals surface area contributed by atoms with Crippen LogP contribution in [-0.4, -0.2) is 35.2 Å². The van der Waals surface area contributed by atoms with E-state index in [9.17, 15) is 4.79 Å². The fourth-order valence-corrected chi connectivity index (χ4v) is 2.26. The number of hydrogen-bond acceptors (Lipinski definition) is 4. The molecule has 0 radical (unpaired) electrons. The number of carbonyl (C=O) groups is 1. The molecule has 0 spiro atoms. The van der Waals surface area contributed by atoms with Crippen molar-refractivity contribution in [3.05, 3.63) is 35.9 Å². The lowest BCUT2D eigenvalue weighted by molar-refractivity contribution is -0.117. The molecule has 2 unspecified atom stereocenters. The predicted octanol–water partition coefficient (Wildman–Crippen LogP) is 1.51. The van der Waals surface area contributed by atoms with Crippen LogP contribution in [0.2, 0.25) is 0 Å². The molecule has 0 aromatic heterocycles. The quantitative estimate of drug-likeness (QED) is 0.545. The number of aliphatic hydroxyl groups is 1. The second-order valence-electron chi connectivity index (χ2n) is 4.26. The molecule has 104 valence electrons. The average molecular weight is 280 g/mol. The van der Waals surface area contributed by atoms with E-state index >= 15 is 0 Å². The van der Waals surface area contributed by atoms with Gasteiger partial charge in [-0.05, 0) is 37.0 Å². The summed E-state index contributed by atoms with van der Waals surface area (Å²) in [7, 11) is 0. The highest BCUT2D eigenvalue weighted by Crippen LogP contribution is 2.11. The molecular formula is C14H20N2O2S. The highest BCUT2D eigenvalue weighted by atomic mass is 32.2. The predicted molar refractivity (Wildman–Crippen MR) is 81.9 cm³/mol. The number of hydrogen-bond donors (Lipinski definition) is 3. The van der Waals surface area contributed by atoms with Gasteiger partial charge in [0, 0.05) is 23.1 Å². The van der Waals surface area contributed by atoms with Gasteiger partial charge in [-0.25, -0.2) is 0 Å². The standard InChI is InChI=1S/C14H20N2O2S/c1-10(13(9-17)19-2)16-14(18)7-6-11-4-3-5-12(15)8-11/h3-8,10,13,17H,9,15H2,1-2H3,(H,16,18)/b7-6+. The van der Waals surface area contributed by atoms with Crippen LogP contribution in [0.3, 0.4) is 0 Å². The van der Waals surface area contributed by atoms with Crippen LogP contribution in [0.4, 0.5) is 5.69 Å². The maximum absolute atomic E-state index is 11.7. The van der Waals surface area contributed by atoms with Gasteiger partial charge in [0.1, 0.15) is 0 Å². The molecule has 0 fully saturated rings. The smallest absolute Gasteiger partial charge is 0.244 e. The van der Waals surface area contributed by atoms with Crippen LogP contribution in [0, 0.1) is 0 Å². The van der Waals surface area contributed by atoms with E-state index < -0.39 is 0 Å². The molecule has 1 amide bonds. The number of nitrogen functional groups attached to an aromatic ring is 1. The summed E-state index contributed by atoms with van der Waals surface area (Å²) in [4.78, 5) is 11.7. The Morgan fingerprint density at radius 2 is 2.32 bits per heavy atom. The molecule has 0 aliphatic rings. The SMILES string of the molecule is CSC(CO)C(C)NC(=O)/C=C/c1cccc(N)c1. The molecule has 4 N–H and O–H groups in total. The van der Waals surface area contributed by atoms with E-state index in [-0.39, 0.29) is 23.8 Å². The third-order valence-corrected chi connectivity index (χ3v) is 3.91. The van der Waals surface area contributed by atoms with Crippen LogP contribution in [-0.2, 0) is 4.79 Å². The minimum atomic E-state index is -0.178. The zero-order valence-electron chi connectivity index (χ0n) is 11.2. The van der Waals surface area contributed by atoms with E-state index in [4.69, 9.17) is 10.8 Å². The van der Waals surface area contributed by atoms with Crippen LogP contribution >= 0.6 is 11.8 Å². The monoisotopic (exact) mass is 280 g/mol. The lowest BCUT2D eigenvalue weighted by atomic mass is 10.2. The number of benzene rings is 1. The van der Waals surface area contributed by atoms with Gasteiger partial charge in [0.05, 0.1) is 6.61 Å². The van der Waals surface area contributed by atoms with Crippen LogP contribution < -0.4 is 11.1 Å². The zero-order chi connectivity index (χ0) is 14.3. The summed E-state index contributed by atoms with van der Waals surface area (Å²) in [6.45, 7) is 1.92. The molecule has 5 heteroatoms. The molecule has 0 heterocycles. The summed E-state index contributed by atoms with van der Waals surface area (Å²) in [6.07, 6.45) is 5.09. The van der Waals surface area contributed by atoms with Gasteiger partial charge in [-0.2, -0.15) is 11.8 Å². The Hall–Kier alpha value is -1.46. The van der Waals surface area contributed by atoms with Crippen LogP contribution in [0.1, 0.15) is 12.5 Å². The number of rotatable bonds is 6. The van der Waals surface area contributed by atoms with Crippen molar-refractivity contribution in [3.63, 3.8) is 0 Å². The highest BCUT2D eigenvalue weighted by molar-refractivity contribution is 7.99. The summed E-state index contributed by atoms with van der Waals surface area (Å²) >= 11 is 1.53. The molecule has 1 rings (SSSR count). The van der Waals surface area contributed by atoms with Crippen LogP contribution in [0.5, 0.6) is 0 Å². The first-order valence-electron chi connectivity index (χ1n) is 6.04. The molecule has 19 heavy (non-hydrogen) atoms. The number of aliphatic hydroxyl groups excluding tert-OH is 1. The molecule has 2 atom stereocenters. The minimum absolute atomic E-state index is 0.00437. The van der Waals surface area contributed by atoms with Crippen molar-refractivity contribution in [2.24, 2.45) is 0 Å². The molecule has 0 aliphatic heterocycles. The molecular weight excluding hydrogens is 260 g/mol. The van der Waals surface area contributed by atoms with Gasteiger partial charge in [-0.1, -0.05) is 12.1 Å². The van der Waals surface area contributed by atoms with Crippen LogP contribution in [0.25, 0.3) is 6.08 Å². The van der Waals surface area contributed by atoms with Crippen molar-refractivity contribution in [1.29, 1.82) is 0 Å². The number of thioether (sulfide) groups is 1. The Balaban J connectivity index is 2.55. The van der Waals surface area contributed by atoms with Crippen molar-refractivity contribution in [1.82, 2.24) is 5.32 Å². The number of anilines is 1. The average Bonchev–Trinajstić information content (AvgIpc) is 2.38. The lowest BCUT2D eigenvalue weighted by Gasteiger charge is -2.20. The van der Waals surface area contributed by atoms with E-state index in [1.54, 1.807) is 18.2 Å². The number of nitrogens with one attached hydrogen (secondary N) is 1. The van der Waals surface area contributed by atoms with Crippen molar-refractivity contribution in [2.45, 2.75) is 18.2 Å². The first-order chi connectivity index (χ1) is 9.06. The maximum atomic E-state index is 11.7. The Morgan fingerprint density at radius 3 is 2.89 bits per heavy atom. The number of carbonyl (C=O) groups excluding carboxylic acids is 1. The van der Waals surface area contributed by atoms with Crippen LogP contribution in [0.15, 0.2) is 30.3 Å². The summed E-state index contributed by atoms with van der Waals surface area (Å²) in [5.41, 5.74) is 7.20. The fraction of sp³-hybridized carbons (Fsp3) is 0.357. The molecule has 4 nitrogen and oxygen atoms in total. The Morgan fingerprint density at radius 1 is 1.58 bits per heavy atom. The van der Waals surface area contributed by atoms with Gasteiger partial charge in [0.2, 0.25) is 5.91 Å². The van der Waals surface area contributed by atoms with Crippen molar-refractivity contribution < 1.29 is 9.90 Å². The topological polar surface area (TPSA) is 75.3 Å². The second-order valence-corrected chi connectivity index (χ2v) is 5.33. The van der Waals surface area contributed by atoms with E-state index in [2.05, 4.69) is 5.32 Å². The normalized spacial score (nSPS) is 14.3. The molecule has 1 aromatic rings. The minimum Gasteiger partial charge on any atom is -0.399 e. The van der Waals surface area contributed by atoms with Gasteiger partial charge in [-0.15, -0.1) is 0 Å². The third-order valence-electron chi connectivity index (χ3n) is 2.75. The van der Waals surface area contributed by atoms with E-state index in [1.165, 1.54) is 17.8 Å². The third kappa shape index (κ3) is 5.36. The molecule has 0 bridgehead atoms.